The summed E-state index contributed by atoms with van der Waals surface area (Å²) < 4.78 is 8.31. The third kappa shape index (κ3) is 4.31. The molecule has 29 heavy (non-hydrogen) atoms. The second-order valence-electron chi connectivity index (χ2n) is 8.42. The van der Waals surface area contributed by atoms with Gasteiger partial charge in [-0.15, -0.1) is 0 Å². The van der Waals surface area contributed by atoms with E-state index < -0.39 is 8.07 Å². The van der Waals surface area contributed by atoms with Gasteiger partial charge in [0.1, 0.15) is 11.3 Å². The summed E-state index contributed by atoms with van der Waals surface area (Å²) in [7, 11) is 0.204. The van der Waals surface area contributed by atoms with Crippen LogP contribution in [0.1, 0.15) is 38.2 Å². The third-order valence-electron chi connectivity index (χ3n) is 5.40. The van der Waals surface area contributed by atoms with E-state index in [1.54, 1.807) is 6.07 Å². The number of benzene rings is 2. The zero-order chi connectivity index (χ0) is 21.5. The lowest BCUT2D eigenvalue weighted by molar-refractivity contribution is 0.430. The van der Waals surface area contributed by atoms with Crippen LogP contribution in [-0.4, -0.2) is 17.6 Å². The maximum atomic E-state index is 6.55. The van der Waals surface area contributed by atoms with E-state index in [4.69, 9.17) is 44.5 Å². The normalized spacial score (nSPS) is 12.2. The van der Waals surface area contributed by atoms with Crippen LogP contribution < -0.4 is 9.92 Å². The molecule has 0 fully saturated rings. The van der Waals surface area contributed by atoms with Gasteiger partial charge in [0, 0.05) is 12.1 Å². The maximum absolute atomic E-state index is 6.55. The molecule has 0 aliphatic carbocycles. The van der Waals surface area contributed by atoms with E-state index in [0.717, 1.165) is 29.1 Å². The number of aryl methyl sites for hydroxylation is 1. The Labute approximate surface area is 188 Å². The molecule has 0 saturated carbocycles. The molecule has 0 amide bonds. The molecular formula is C22H27Cl3N2OSi. The first kappa shape index (κ1) is 22.5. The number of rotatable bonds is 6. The summed E-state index contributed by atoms with van der Waals surface area (Å²) in [4.78, 5) is 4.74. The first-order chi connectivity index (χ1) is 13.6. The van der Waals surface area contributed by atoms with Crippen LogP contribution in [0.4, 0.5) is 0 Å². The molecule has 0 radical (unpaired) electrons. The molecule has 1 heterocycles. The lowest BCUT2D eigenvalue weighted by Gasteiger charge is -2.22. The molecule has 0 aliphatic rings. The van der Waals surface area contributed by atoms with Crippen LogP contribution in [0.3, 0.4) is 0 Å². The van der Waals surface area contributed by atoms with E-state index in [0.29, 0.717) is 32.7 Å². The molecular weight excluding hydrogens is 443 g/mol. The van der Waals surface area contributed by atoms with Gasteiger partial charge in [-0.05, 0) is 47.7 Å². The van der Waals surface area contributed by atoms with Crippen molar-refractivity contribution in [2.24, 2.45) is 7.05 Å². The summed E-state index contributed by atoms with van der Waals surface area (Å²) in [6.45, 7) is 11.1. The highest BCUT2D eigenvalue weighted by atomic mass is 35.5. The summed E-state index contributed by atoms with van der Waals surface area (Å²) in [6.07, 6.45) is 2.11. The first-order valence-electron chi connectivity index (χ1n) is 9.90. The predicted octanol–water partition coefficient (Wildman–Crippen LogP) is 7.77. The number of hydrogen-bond donors (Lipinski definition) is 0. The van der Waals surface area contributed by atoms with Crippen LogP contribution in [-0.2, 0) is 7.05 Å². The van der Waals surface area contributed by atoms with Crippen LogP contribution in [0.5, 0.6) is 11.8 Å². The van der Waals surface area contributed by atoms with Gasteiger partial charge in [0.2, 0.25) is 0 Å². The number of ether oxygens (including phenoxy) is 1. The molecule has 0 atom stereocenters. The SMILES string of the molecule is CCC(CC)c1ccc(Cl)c2nc(Oc3c(Cl)cc(Cl)cc3[Si](C)(C)C)n(C)c12. The molecule has 3 nitrogen and oxygen atoms in total. The zero-order valence-corrected chi connectivity index (χ0v) is 21.0. The quantitative estimate of drug-likeness (QED) is 0.345. The topological polar surface area (TPSA) is 27.1 Å². The van der Waals surface area contributed by atoms with Gasteiger partial charge < -0.3 is 4.74 Å². The van der Waals surface area contributed by atoms with Crippen molar-refractivity contribution in [3.05, 3.63) is 44.9 Å². The Morgan fingerprint density at radius 1 is 1.03 bits per heavy atom. The Kier molecular flexibility index (Phi) is 6.59. The summed E-state index contributed by atoms with van der Waals surface area (Å²) >= 11 is 19.3. The highest BCUT2D eigenvalue weighted by Gasteiger charge is 2.26. The van der Waals surface area contributed by atoms with Crippen molar-refractivity contribution in [1.29, 1.82) is 0 Å². The van der Waals surface area contributed by atoms with Crippen molar-refractivity contribution >= 4 is 59.1 Å². The Balaban J connectivity index is 2.20. The number of imidazole rings is 1. The molecule has 156 valence electrons. The van der Waals surface area contributed by atoms with Crippen LogP contribution in [0.2, 0.25) is 34.7 Å². The number of aromatic nitrogens is 2. The van der Waals surface area contributed by atoms with Crippen LogP contribution >= 0.6 is 34.8 Å². The minimum atomic E-state index is -1.76. The average molecular weight is 470 g/mol. The fourth-order valence-electron chi connectivity index (χ4n) is 3.76. The van der Waals surface area contributed by atoms with Gasteiger partial charge in [0.25, 0.3) is 0 Å². The smallest absolute Gasteiger partial charge is 0.302 e. The molecule has 2 aromatic carbocycles. The molecule has 3 rings (SSSR count). The average Bonchev–Trinajstić information content (AvgIpc) is 2.96. The molecule has 1 aromatic heterocycles. The van der Waals surface area contributed by atoms with E-state index in [1.807, 2.05) is 23.7 Å². The van der Waals surface area contributed by atoms with E-state index >= 15 is 0 Å². The van der Waals surface area contributed by atoms with E-state index in [1.165, 1.54) is 5.56 Å². The molecule has 0 unspecified atom stereocenters. The Hall–Kier alpha value is -1.20. The minimum absolute atomic E-state index is 0.440. The van der Waals surface area contributed by atoms with E-state index in [2.05, 4.69) is 39.6 Å². The largest absolute Gasteiger partial charge is 0.424 e. The van der Waals surface area contributed by atoms with Gasteiger partial charge in [-0.25, -0.2) is 0 Å². The van der Waals surface area contributed by atoms with Gasteiger partial charge >= 0.3 is 6.01 Å². The van der Waals surface area contributed by atoms with Crippen LogP contribution in [0, 0.1) is 0 Å². The maximum Gasteiger partial charge on any atom is 0.302 e. The molecule has 3 aromatic rings. The van der Waals surface area contributed by atoms with Crippen molar-refractivity contribution in [3.63, 3.8) is 0 Å². The number of halogens is 3. The van der Waals surface area contributed by atoms with Crippen LogP contribution in [0.15, 0.2) is 24.3 Å². The van der Waals surface area contributed by atoms with E-state index in [9.17, 15) is 0 Å². The molecule has 0 bridgehead atoms. The molecule has 0 N–H and O–H groups in total. The van der Waals surface area contributed by atoms with Crippen molar-refractivity contribution < 1.29 is 4.74 Å². The zero-order valence-electron chi connectivity index (χ0n) is 17.7. The van der Waals surface area contributed by atoms with Crippen molar-refractivity contribution in [3.8, 4) is 11.8 Å². The van der Waals surface area contributed by atoms with Gasteiger partial charge in [-0.1, -0.05) is 74.4 Å². The summed E-state index contributed by atoms with van der Waals surface area (Å²) in [5, 5.41) is 2.79. The van der Waals surface area contributed by atoms with Gasteiger partial charge in [-0.2, -0.15) is 4.98 Å². The fourth-order valence-corrected chi connectivity index (χ4v) is 6.11. The lowest BCUT2D eigenvalue weighted by atomic mass is 9.93. The second kappa shape index (κ2) is 8.50. The number of nitrogens with zero attached hydrogens (tertiary/aromatic N) is 2. The summed E-state index contributed by atoms with van der Waals surface area (Å²) in [6, 6.07) is 8.19. The monoisotopic (exact) mass is 468 g/mol. The van der Waals surface area contributed by atoms with Crippen molar-refractivity contribution in [2.75, 3.05) is 0 Å². The fraction of sp³-hybridized carbons (Fsp3) is 0.409. The van der Waals surface area contributed by atoms with E-state index in [-0.39, 0.29) is 0 Å². The summed E-state index contributed by atoms with van der Waals surface area (Å²) in [5.74, 6) is 1.07. The van der Waals surface area contributed by atoms with Crippen LogP contribution in [0.25, 0.3) is 11.0 Å². The highest BCUT2D eigenvalue weighted by Crippen LogP contribution is 2.38. The first-order valence-corrected chi connectivity index (χ1v) is 14.5. The third-order valence-corrected chi connectivity index (χ3v) is 8.19. The second-order valence-corrected chi connectivity index (χ2v) is 14.7. The molecule has 0 saturated heterocycles. The molecule has 7 heteroatoms. The predicted molar refractivity (Wildman–Crippen MR) is 129 cm³/mol. The molecule has 0 spiro atoms. The summed E-state index contributed by atoms with van der Waals surface area (Å²) in [5.41, 5.74) is 3.01. The van der Waals surface area contributed by atoms with Gasteiger partial charge in [0.15, 0.2) is 0 Å². The van der Waals surface area contributed by atoms with Gasteiger partial charge in [0.05, 0.1) is 23.6 Å². The minimum Gasteiger partial charge on any atom is -0.424 e. The lowest BCUT2D eigenvalue weighted by Crippen LogP contribution is -2.38. The standard InChI is InChI=1S/C22H27Cl3N2OSi/c1-7-13(8-2)15-9-10-16(24)19-20(15)27(3)22(26-19)28-21-17(25)11-14(23)12-18(21)29(4,5)6/h9-13H,7-8H2,1-6H3. The number of fused-ring (bicyclic) bond motifs is 1. The molecule has 0 aliphatic heterocycles. The number of hydrogen-bond acceptors (Lipinski definition) is 2. The van der Waals surface area contributed by atoms with Crippen molar-refractivity contribution in [2.45, 2.75) is 52.2 Å². The van der Waals surface area contributed by atoms with Crippen molar-refractivity contribution in [1.82, 2.24) is 9.55 Å². The Morgan fingerprint density at radius 3 is 2.28 bits per heavy atom. The van der Waals surface area contributed by atoms with Gasteiger partial charge in [-0.3, -0.25) is 4.57 Å². The Bertz CT molecular complexity index is 1050. The highest BCUT2D eigenvalue weighted by molar-refractivity contribution is 6.89. The Morgan fingerprint density at radius 2 is 1.69 bits per heavy atom.